The van der Waals surface area contributed by atoms with Crippen LogP contribution in [0.25, 0.3) is 17.1 Å². The second-order valence-corrected chi connectivity index (χ2v) is 4.20. The van der Waals surface area contributed by atoms with Crippen molar-refractivity contribution in [1.29, 1.82) is 0 Å². The van der Waals surface area contributed by atoms with Crippen molar-refractivity contribution in [2.45, 2.75) is 0 Å². The molecule has 0 N–H and O–H groups in total. The Bertz CT molecular complexity index is 671. The van der Waals surface area contributed by atoms with E-state index in [1.54, 1.807) is 28.0 Å². The van der Waals surface area contributed by atoms with Gasteiger partial charge in [0.25, 0.3) is 0 Å². The van der Waals surface area contributed by atoms with Crippen LogP contribution in [-0.2, 0) is 7.05 Å². The maximum absolute atomic E-state index is 6.20. The molecule has 0 atom stereocenters. The summed E-state index contributed by atoms with van der Waals surface area (Å²) < 4.78 is 3.43. The average molecular weight is 260 g/mol. The summed E-state index contributed by atoms with van der Waals surface area (Å²) in [5, 5.41) is 9.15. The van der Waals surface area contributed by atoms with Crippen LogP contribution in [0.4, 0.5) is 0 Å². The van der Waals surface area contributed by atoms with E-state index in [9.17, 15) is 0 Å². The summed E-state index contributed by atoms with van der Waals surface area (Å²) >= 11 is 6.20. The van der Waals surface area contributed by atoms with E-state index in [2.05, 4.69) is 15.2 Å². The molecule has 0 aliphatic rings. The molecule has 3 aromatic rings. The van der Waals surface area contributed by atoms with E-state index in [1.807, 2.05) is 31.3 Å². The summed E-state index contributed by atoms with van der Waals surface area (Å²) in [6.07, 6.45) is 5.14. The van der Waals surface area contributed by atoms with Gasteiger partial charge in [-0.05, 0) is 18.2 Å². The third kappa shape index (κ3) is 1.78. The first-order chi connectivity index (χ1) is 8.75. The van der Waals surface area contributed by atoms with Gasteiger partial charge in [-0.25, -0.2) is 4.68 Å². The topological polar surface area (TPSA) is 48.5 Å². The van der Waals surface area contributed by atoms with Crippen LogP contribution in [0.1, 0.15) is 0 Å². The zero-order valence-electron chi connectivity index (χ0n) is 9.66. The third-order valence-corrected chi connectivity index (χ3v) is 2.93. The minimum absolute atomic E-state index is 0.553. The molecule has 18 heavy (non-hydrogen) atoms. The Kier molecular flexibility index (Phi) is 2.60. The summed E-state index contributed by atoms with van der Waals surface area (Å²) in [6, 6.07) is 7.42. The van der Waals surface area contributed by atoms with Crippen LogP contribution < -0.4 is 0 Å². The Hall–Kier alpha value is -2.14. The lowest BCUT2D eigenvalue weighted by Gasteiger charge is -2.01. The fraction of sp³-hybridized carbons (Fsp3) is 0.0833. The maximum atomic E-state index is 6.20. The van der Waals surface area contributed by atoms with Crippen LogP contribution in [0.2, 0.25) is 5.15 Å². The molecule has 6 heteroatoms. The molecule has 3 heterocycles. The van der Waals surface area contributed by atoms with Gasteiger partial charge in [-0.2, -0.15) is 10.2 Å². The minimum atomic E-state index is 0.553. The normalized spacial score (nSPS) is 10.8. The molecule has 0 fully saturated rings. The molecule has 0 spiro atoms. The highest BCUT2D eigenvalue weighted by atomic mass is 35.5. The van der Waals surface area contributed by atoms with Gasteiger partial charge in [0.1, 0.15) is 10.8 Å². The molecule has 0 radical (unpaired) electrons. The SMILES string of the molecule is Cn1nccc1-c1cc(Cl)n(-c2ccncc2)n1. The minimum Gasteiger partial charge on any atom is -0.266 e. The molecule has 3 aromatic heterocycles. The zero-order valence-corrected chi connectivity index (χ0v) is 10.4. The number of aryl methyl sites for hydroxylation is 1. The molecule has 0 bridgehead atoms. The number of aromatic nitrogens is 5. The number of nitrogens with zero attached hydrogens (tertiary/aromatic N) is 5. The third-order valence-electron chi connectivity index (χ3n) is 2.66. The van der Waals surface area contributed by atoms with Gasteiger partial charge in [0.05, 0.1) is 11.4 Å². The van der Waals surface area contributed by atoms with Crippen LogP contribution in [0.3, 0.4) is 0 Å². The van der Waals surface area contributed by atoms with Gasteiger partial charge in [-0.15, -0.1) is 0 Å². The Morgan fingerprint density at radius 2 is 1.89 bits per heavy atom. The average Bonchev–Trinajstić information content (AvgIpc) is 2.96. The molecule has 0 aliphatic carbocycles. The molecule has 0 saturated carbocycles. The van der Waals surface area contributed by atoms with E-state index in [1.165, 1.54) is 0 Å². The fourth-order valence-electron chi connectivity index (χ4n) is 1.77. The number of rotatable bonds is 2. The predicted molar refractivity (Wildman–Crippen MR) is 68.6 cm³/mol. The van der Waals surface area contributed by atoms with Crippen LogP contribution in [0.15, 0.2) is 42.9 Å². The standard InChI is InChI=1S/C12H10ClN5/c1-17-11(4-7-15-17)10-8-12(13)18(16-10)9-2-5-14-6-3-9/h2-8H,1H3. The highest BCUT2D eigenvalue weighted by Gasteiger charge is 2.11. The predicted octanol–water partition coefficient (Wildman–Crippen LogP) is 2.32. The van der Waals surface area contributed by atoms with Crippen molar-refractivity contribution >= 4 is 11.6 Å². The molecule has 0 aromatic carbocycles. The van der Waals surface area contributed by atoms with Gasteiger partial charge in [-0.3, -0.25) is 9.67 Å². The van der Waals surface area contributed by atoms with Crippen molar-refractivity contribution in [3.8, 4) is 17.1 Å². The lowest BCUT2D eigenvalue weighted by molar-refractivity contribution is 0.769. The molecule has 5 nitrogen and oxygen atoms in total. The summed E-state index contributed by atoms with van der Waals surface area (Å²) in [4.78, 5) is 3.97. The Morgan fingerprint density at radius 3 is 2.56 bits per heavy atom. The molecule has 0 saturated heterocycles. The molecule has 0 aliphatic heterocycles. The highest BCUT2D eigenvalue weighted by Crippen LogP contribution is 2.23. The summed E-state index contributed by atoms with van der Waals surface area (Å²) in [5.74, 6) is 0. The molecule has 0 unspecified atom stereocenters. The summed E-state index contributed by atoms with van der Waals surface area (Å²) in [7, 11) is 1.87. The van der Waals surface area contributed by atoms with Gasteiger partial charge in [0, 0.05) is 31.7 Å². The van der Waals surface area contributed by atoms with E-state index in [0.717, 1.165) is 17.1 Å². The van der Waals surface area contributed by atoms with Crippen molar-refractivity contribution < 1.29 is 0 Å². The number of hydrogen-bond donors (Lipinski definition) is 0. The Morgan fingerprint density at radius 1 is 1.11 bits per heavy atom. The van der Waals surface area contributed by atoms with Crippen LogP contribution in [0.5, 0.6) is 0 Å². The van der Waals surface area contributed by atoms with E-state index < -0.39 is 0 Å². The van der Waals surface area contributed by atoms with Crippen molar-refractivity contribution in [2.75, 3.05) is 0 Å². The van der Waals surface area contributed by atoms with Crippen molar-refractivity contribution in [3.63, 3.8) is 0 Å². The largest absolute Gasteiger partial charge is 0.266 e. The van der Waals surface area contributed by atoms with E-state index in [4.69, 9.17) is 11.6 Å². The quantitative estimate of drug-likeness (QED) is 0.710. The van der Waals surface area contributed by atoms with Crippen LogP contribution >= 0.6 is 11.6 Å². The molecule has 0 amide bonds. The first-order valence-corrected chi connectivity index (χ1v) is 5.78. The van der Waals surface area contributed by atoms with Crippen LogP contribution in [-0.4, -0.2) is 24.5 Å². The van der Waals surface area contributed by atoms with Crippen molar-refractivity contribution in [2.24, 2.45) is 7.05 Å². The molecule has 90 valence electrons. The van der Waals surface area contributed by atoms with Gasteiger partial charge in [-0.1, -0.05) is 11.6 Å². The van der Waals surface area contributed by atoms with Crippen molar-refractivity contribution in [3.05, 3.63) is 48.0 Å². The second kappa shape index (κ2) is 4.27. The lowest BCUT2D eigenvalue weighted by Crippen LogP contribution is -1.98. The summed E-state index contributed by atoms with van der Waals surface area (Å²) in [5.41, 5.74) is 2.59. The van der Waals surface area contributed by atoms with Crippen molar-refractivity contribution in [1.82, 2.24) is 24.5 Å². The number of hydrogen-bond acceptors (Lipinski definition) is 3. The van der Waals surface area contributed by atoms with Crippen LogP contribution in [0, 0.1) is 0 Å². The number of pyridine rings is 1. The highest BCUT2D eigenvalue weighted by molar-refractivity contribution is 6.30. The van der Waals surface area contributed by atoms with E-state index >= 15 is 0 Å². The number of halogens is 1. The first-order valence-electron chi connectivity index (χ1n) is 5.40. The second-order valence-electron chi connectivity index (χ2n) is 3.81. The molecular weight excluding hydrogens is 250 g/mol. The lowest BCUT2D eigenvalue weighted by atomic mass is 10.3. The fourth-order valence-corrected chi connectivity index (χ4v) is 2.01. The smallest absolute Gasteiger partial charge is 0.133 e. The Balaban J connectivity index is 2.10. The van der Waals surface area contributed by atoms with Gasteiger partial charge in [0.15, 0.2) is 0 Å². The van der Waals surface area contributed by atoms with E-state index in [-0.39, 0.29) is 0 Å². The first kappa shape index (κ1) is 11.0. The molecular formula is C12H10ClN5. The van der Waals surface area contributed by atoms with E-state index in [0.29, 0.717) is 5.15 Å². The van der Waals surface area contributed by atoms with Gasteiger partial charge >= 0.3 is 0 Å². The monoisotopic (exact) mass is 259 g/mol. The summed E-state index contributed by atoms with van der Waals surface area (Å²) in [6.45, 7) is 0. The van der Waals surface area contributed by atoms with Gasteiger partial charge < -0.3 is 0 Å². The zero-order chi connectivity index (χ0) is 12.5. The maximum Gasteiger partial charge on any atom is 0.133 e. The molecule has 3 rings (SSSR count). The van der Waals surface area contributed by atoms with Gasteiger partial charge in [0.2, 0.25) is 0 Å². The Labute approximate surface area is 109 Å².